The highest BCUT2D eigenvalue weighted by Gasteiger charge is 2.18. The van der Waals surface area contributed by atoms with E-state index in [1.165, 1.54) is 19.3 Å². The van der Waals surface area contributed by atoms with Crippen molar-refractivity contribution in [2.45, 2.75) is 32.4 Å². The van der Waals surface area contributed by atoms with Crippen molar-refractivity contribution < 1.29 is 9.47 Å². The van der Waals surface area contributed by atoms with E-state index in [1.807, 2.05) is 24.3 Å². The maximum Gasteiger partial charge on any atom is 0.223 e. The zero-order chi connectivity index (χ0) is 20.5. The Balaban J connectivity index is 1.46. The van der Waals surface area contributed by atoms with E-state index >= 15 is 0 Å². The zero-order valence-corrected chi connectivity index (χ0v) is 17.5. The average molecular weight is 402 g/mol. The largest absolute Gasteiger partial charge is 0.480 e. The molecule has 0 amide bonds. The van der Waals surface area contributed by atoms with Crippen LogP contribution in [0.15, 0.2) is 54.6 Å². The average Bonchev–Trinajstić information content (AvgIpc) is 3.22. The number of H-pyrrole nitrogens is 1. The molecule has 2 aromatic heterocycles. The molecule has 1 N–H and O–H groups in total. The summed E-state index contributed by atoms with van der Waals surface area (Å²) >= 11 is 0. The number of aromatic nitrogens is 2. The second kappa shape index (κ2) is 8.00. The van der Waals surface area contributed by atoms with Crippen LogP contribution in [0.4, 0.5) is 0 Å². The number of benzene rings is 2. The lowest BCUT2D eigenvalue weighted by molar-refractivity contribution is 0.0263. The van der Waals surface area contributed by atoms with Crippen molar-refractivity contribution in [1.82, 2.24) is 14.9 Å². The molecule has 5 nitrogen and oxygen atoms in total. The predicted molar refractivity (Wildman–Crippen MR) is 121 cm³/mol. The molecule has 0 aliphatic carbocycles. The number of pyridine rings is 1. The van der Waals surface area contributed by atoms with Crippen LogP contribution in [-0.4, -0.2) is 41.3 Å². The van der Waals surface area contributed by atoms with Crippen molar-refractivity contribution in [3.05, 3.63) is 54.6 Å². The second-order valence-electron chi connectivity index (χ2n) is 7.98. The molecule has 0 spiro atoms. The van der Waals surface area contributed by atoms with Crippen molar-refractivity contribution in [2.24, 2.45) is 0 Å². The van der Waals surface area contributed by atoms with Crippen LogP contribution in [0.1, 0.15) is 26.2 Å². The molecule has 30 heavy (non-hydrogen) atoms. The quantitative estimate of drug-likeness (QED) is 0.473. The Morgan fingerprint density at radius 1 is 0.967 bits per heavy atom. The summed E-state index contributed by atoms with van der Waals surface area (Å²) in [5.74, 6) is 1.52. The molecule has 3 heterocycles. The van der Waals surface area contributed by atoms with Gasteiger partial charge in [0.25, 0.3) is 0 Å². The fraction of sp³-hybridized carbons (Fsp3) is 0.320. The highest BCUT2D eigenvalue weighted by Crippen LogP contribution is 2.34. The van der Waals surface area contributed by atoms with E-state index in [-0.39, 0.29) is 6.23 Å². The lowest BCUT2D eigenvalue weighted by atomic mass is 10.1. The summed E-state index contributed by atoms with van der Waals surface area (Å²) in [5, 5.41) is 2.20. The van der Waals surface area contributed by atoms with E-state index in [0.717, 1.165) is 51.9 Å². The van der Waals surface area contributed by atoms with Crippen LogP contribution in [0.2, 0.25) is 0 Å². The number of aromatic amines is 1. The number of nitrogens with zero attached hydrogens (tertiary/aromatic N) is 2. The van der Waals surface area contributed by atoms with Crippen molar-refractivity contribution in [1.29, 1.82) is 0 Å². The molecule has 154 valence electrons. The third-order valence-electron chi connectivity index (χ3n) is 5.98. The van der Waals surface area contributed by atoms with Crippen LogP contribution in [0.3, 0.4) is 0 Å². The zero-order valence-electron chi connectivity index (χ0n) is 17.5. The Morgan fingerprint density at radius 3 is 2.63 bits per heavy atom. The number of hydrogen-bond donors (Lipinski definition) is 1. The molecule has 0 radical (unpaired) electrons. The Bertz CT molecular complexity index is 1180. The van der Waals surface area contributed by atoms with Gasteiger partial charge in [-0.2, -0.15) is 0 Å². The number of fused-ring (bicyclic) bond motifs is 2. The molecule has 1 saturated heterocycles. The Labute approximate surface area is 176 Å². The first kappa shape index (κ1) is 18.9. The lowest BCUT2D eigenvalue weighted by Gasteiger charge is -2.32. The van der Waals surface area contributed by atoms with Gasteiger partial charge in [-0.1, -0.05) is 24.6 Å². The van der Waals surface area contributed by atoms with E-state index in [9.17, 15) is 0 Å². The second-order valence-corrected chi connectivity index (χ2v) is 7.98. The van der Waals surface area contributed by atoms with Crippen molar-refractivity contribution in [2.75, 3.05) is 20.2 Å². The lowest BCUT2D eigenvalue weighted by Crippen LogP contribution is -2.40. The van der Waals surface area contributed by atoms with Gasteiger partial charge in [0.05, 0.1) is 23.9 Å². The number of para-hydroxylation sites is 1. The number of hydrogen-bond acceptors (Lipinski definition) is 4. The van der Waals surface area contributed by atoms with Gasteiger partial charge in [-0.25, -0.2) is 4.98 Å². The first-order valence-corrected chi connectivity index (χ1v) is 10.7. The molecular weight excluding hydrogens is 374 g/mol. The van der Waals surface area contributed by atoms with Gasteiger partial charge >= 0.3 is 0 Å². The monoisotopic (exact) mass is 401 g/mol. The van der Waals surface area contributed by atoms with Crippen LogP contribution in [0.5, 0.6) is 11.6 Å². The molecule has 0 saturated carbocycles. The summed E-state index contributed by atoms with van der Waals surface area (Å²) in [4.78, 5) is 10.6. The van der Waals surface area contributed by atoms with Gasteiger partial charge in [-0.3, -0.25) is 4.90 Å². The van der Waals surface area contributed by atoms with Crippen LogP contribution in [-0.2, 0) is 0 Å². The van der Waals surface area contributed by atoms with E-state index in [2.05, 4.69) is 52.1 Å². The molecule has 1 aliphatic rings. The molecule has 1 unspecified atom stereocenters. The predicted octanol–water partition coefficient (Wildman–Crippen LogP) is 5.60. The molecule has 2 aromatic carbocycles. The van der Waals surface area contributed by atoms with Crippen LogP contribution < -0.4 is 9.47 Å². The van der Waals surface area contributed by atoms with Gasteiger partial charge in [0.15, 0.2) is 0 Å². The number of nitrogens with one attached hydrogen (secondary N) is 1. The standard InChI is InChI=1S/C25H27N3O2/c1-17(28-12-6-3-7-13-28)30-20-10-11-23-19(14-20)16-24(26-23)21-15-18-8-4-5-9-22(18)27-25(21)29-2/h4-5,8-11,14-17,26H,3,6-7,12-13H2,1-2H3. The normalized spacial score (nSPS) is 16.1. The summed E-state index contributed by atoms with van der Waals surface area (Å²) in [6.07, 6.45) is 3.94. The summed E-state index contributed by atoms with van der Waals surface area (Å²) in [6.45, 7) is 4.38. The smallest absolute Gasteiger partial charge is 0.223 e. The number of ether oxygens (including phenoxy) is 2. The van der Waals surface area contributed by atoms with Crippen molar-refractivity contribution >= 4 is 21.8 Å². The Hall–Kier alpha value is -3.05. The van der Waals surface area contributed by atoms with E-state index in [4.69, 9.17) is 9.47 Å². The molecule has 4 aromatic rings. The topological polar surface area (TPSA) is 50.4 Å². The van der Waals surface area contributed by atoms with E-state index in [1.54, 1.807) is 7.11 Å². The Morgan fingerprint density at radius 2 is 1.80 bits per heavy atom. The molecule has 5 heteroatoms. The molecule has 1 fully saturated rings. The minimum atomic E-state index is 0.0888. The van der Waals surface area contributed by atoms with E-state index in [0.29, 0.717) is 5.88 Å². The van der Waals surface area contributed by atoms with Crippen LogP contribution in [0.25, 0.3) is 33.1 Å². The summed E-state index contributed by atoms with van der Waals surface area (Å²) in [6, 6.07) is 18.6. The van der Waals surface area contributed by atoms with Gasteiger partial charge in [0.2, 0.25) is 5.88 Å². The fourth-order valence-electron chi connectivity index (χ4n) is 4.33. The number of rotatable bonds is 5. The number of piperidine rings is 1. The third kappa shape index (κ3) is 3.61. The van der Waals surface area contributed by atoms with Crippen LogP contribution >= 0.6 is 0 Å². The highest BCUT2D eigenvalue weighted by atomic mass is 16.5. The summed E-state index contributed by atoms with van der Waals surface area (Å²) in [5.41, 5.74) is 3.94. The minimum Gasteiger partial charge on any atom is -0.480 e. The molecular formula is C25H27N3O2. The first-order chi connectivity index (χ1) is 14.7. The van der Waals surface area contributed by atoms with Gasteiger partial charge in [0.1, 0.15) is 12.0 Å². The van der Waals surface area contributed by atoms with Crippen molar-refractivity contribution in [3.8, 4) is 22.9 Å². The maximum atomic E-state index is 6.25. The van der Waals surface area contributed by atoms with Gasteiger partial charge in [-0.05, 0) is 56.2 Å². The van der Waals surface area contributed by atoms with Crippen LogP contribution in [0, 0.1) is 0 Å². The summed E-state index contributed by atoms with van der Waals surface area (Å²) in [7, 11) is 1.66. The van der Waals surface area contributed by atoms with Crippen molar-refractivity contribution in [3.63, 3.8) is 0 Å². The van der Waals surface area contributed by atoms with Gasteiger partial charge in [0, 0.05) is 29.4 Å². The summed E-state index contributed by atoms with van der Waals surface area (Å²) < 4.78 is 11.8. The minimum absolute atomic E-state index is 0.0888. The van der Waals surface area contributed by atoms with Gasteiger partial charge in [-0.15, -0.1) is 0 Å². The Kier molecular flexibility index (Phi) is 5.05. The molecule has 1 aliphatic heterocycles. The molecule has 5 rings (SSSR count). The SMILES string of the molecule is COc1nc2ccccc2cc1-c1cc2cc(OC(C)N3CCCCC3)ccc2[nH]1. The third-order valence-corrected chi connectivity index (χ3v) is 5.98. The maximum absolute atomic E-state index is 6.25. The number of methoxy groups -OCH3 is 1. The molecule has 0 bridgehead atoms. The number of likely N-dealkylation sites (tertiary alicyclic amines) is 1. The highest BCUT2D eigenvalue weighted by molar-refractivity contribution is 5.91. The first-order valence-electron chi connectivity index (χ1n) is 10.7. The fourth-order valence-corrected chi connectivity index (χ4v) is 4.33. The molecule has 1 atom stereocenters. The van der Waals surface area contributed by atoms with Gasteiger partial charge < -0.3 is 14.5 Å². The van der Waals surface area contributed by atoms with E-state index < -0.39 is 0 Å².